The van der Waals surface area contributed by atoms with Crippen molar-refractivity contribution < 1.29 is 4.74 Å². The van der Waals surface area contributed by atoms with Gasteiger partial charge >= 0.3 is 0 Å². The Labute approximate surface area is 186 Å². The molecular weight excluding hydrogens is 408 g/mol. The third kappa shape index (κ3) is 3.80. The smallest absolute Gasteiger partial charge is 0.227 e. The van der Waals surface area contributed by atoms with E-state index in [1.54, 1.807) is 0 Å². The fourth-order valence-electron chi connectivity index (χ4n) is 3.73. The molecule has 4 aromatic rings. The topological polar surface area (TPSA) is 52.0 Å². The van der Waals surface area contributed by atoms with Gasteiger partial charge in [0, 0.05) is 21.8 Å². The molecule has 1 aromatic heterocycles. The van der Waals surface area contributed by atoms with E-state index in [9.17, 15) is 0 Å². The van der Waals surface area contributed by atoms with Gasteiger partial charge in [-0.1, -0.05) is 72.3 Å². The van der Waals surface area contributed by atoms with Crippen LogP contribution in [-0.2, 0) is 0 Å². The summed E-state index contributed by atoms with van der Waals surface area (Å²) in [7, 11) is 0. The van der Waals surface area contributed by atoms with Crippen LogP contribution in [-0.4, -0.2) is 21.4 Å². The van der Waals surface area contributed by atoms with Crippen LogP contribution in [0.4, 0.5) is 5.95 Å². The Bertz CT molecular complexity index is 1230. The van der Waals surface area contributed by atoms with Crippen LogP contribution >= 0.6 is 11.6 Å². The molecule has 1 N–H and O–H groups in total. The van der Waals surface area contributed by atoms with Crippen LogP contribution in [0.25, 0.3) is 17.1 Å². The molecule has 5 nitrogen and oxygen atoms in total. The molecule has 1 atom stereocenters. The fraction of sp³-hybridized carbons (Fsp3) is 0.120. The molecule has 5 rings (SSSR count). The highest BCUT2D eigenvalue weighted by Crippen LogP contribution is 2.37. The van der Waals surface area contributed by atoms with Gasteiger partial charge in [0.1, 0.15) is 11.8 Å². The van der Waals surface area contributed by atoms with Crippen molar-refractivity contribution in [3.63, 3.8) is 0 Å². The van der Waals surface area contributed by atoms with Gasteiger partial charge in [-0.25, -0.2) is 4.68 Å². The third-order valence-electron chi connectivity index (χ3n) is 5.19. The van der Waals surface area contributed by atoms with Gasteiger partial charge in [-0.15, -0.1) is 5.10 Å². The molecule has 0 saturated heterocycles. The molecule has 6 heteroatoms. The molecule has 1 aliphatic rings. The molecule has 0 fully saturated rings. The van der Waals surface area contributed by atoms with E-state index in [1.165, 1.54) is 0 Å². The first-order valence-corrected chi connectivity index (χ1v) is 10.6. The minimum absolute atomic E-state index is 0.172. The summed E-state index contributed by atoms with van der Waals surface area (Å²) >= 11 is 6.10. The Kier molecular flexibility index (Phi) is 5.18. The van der Waals surface area contributed by atoms with Crippen molar-refractivity contribution in [1.82, 2.24) is 14.8 Å². The van der Waals surface area contributed by atoms with Gasteiger partial charge in [0.05, 0.1) is 6.61 Å². The minimum atomic E-state index is -0.172. The van der Waals surface area contributed by atoms with E-state index in [1.807, 2.05) is 84.4 Å². The summed E-state index contributed by atoms with van der Waals surface area (Å²) in [4.78, 5) is 4.80. The molecule has 0 aliphatic carbocycles. The van der Waals surface area contributed by atoms with Crippen molar-refractivity contribution in [2.75, 3.05) is 11.9 Å². The molecule has 3 aromatic carbocycles. The maximum absolute atomic E-state index is 6.10. The third-order valence-corrected chi connectivity index (χ3v) is 5.44. The predicted octanol–water partition coefficient (Wildman–Crippen LogP) is 6.05. The van der Waals surface area contributed by atoms with Crippen LogP contribution in [0.5, 0.6) is 5.75 Å². The van der Waals surface area contributed by atoms with E-state index in [4.69, 9.17) is 26.4 Å². The molecule has 31 heavy (non-hydrogen) atoms. The first-order chi connectivity index (χ1) is 15.2. The molecule has 0 unspecified atom stereocenters. The summed E-state index contributed by atoms with van der Waals surface area (Å²) in [6, 6.07) is 25.6. The Balaban J connectivity index is 1.65. The lowest BCUT2D eigenvalue weighted by atomic mass is 10.0. The monoisotopic (exact) mass is 428 g/mol. The van der Waals surface area contributed by atoms with Crippen molar-refractivity contribution in [3.8, 4) is 17.1 Å². The highest BCUT2D eigenvalue weighted by Gasteiger charge is 2.27. The standard InChI is InChI=1S/C25H21ClN4O/c1-2-31-23-11-7-6-10-20(23)22-16-21(17-12-14-19(26)15-13-17)27-25-28-24(29-30(22)25)18-8-4-3-5-9-18/h3-16,22H,2H2,1H3,(H,27,28,29)/t22-/m0/s1. The summed E-state index contributed by atoms with van der Waals surface area (Å²) < 4.78 is 7.84. The van der Waals surface area contributed by atoms with Gasteiger partial charge in [0.25, 0.3) is 0 Å². The van der Waals surface area contributed by atoms with E-state index in [2.05, 4.69) is 17.5 Å². The number of hydrogen-bond donors (Lipinski definition) is 1. The zero-order chi connectivity index (χ0) is 21.2. The second-order valence-corrected chi connectivity index (χ2v) is 7.63. The molecule has 0 saturated carbocycles. The first-order valence-electron chi connectivity index (χ1n) is 10.2. The van der Waals surface area contributed by atoms with E-state index in [0.717, 1.165) is 28.1 Å². The van der Waals surface area contributed by atoms with Crippen molar-refractivity contribution in [1.29, 1.82) is 0 Å². The normalized spacial score (nSPS) is 15.0. The molecule has 0 spiro atoms. The van der Waals surface area contributed by atoms with Crippen molar-refractivity contribution in [2.45, 2.75) is 13.0 Å². The van der Waals surface area contributed by atoms with Crippen LogP contribution < -0.4 is 10.1 Å². The second-order valence-electron chi connectivity index (χ2n) is 7.20. The zero-order valence-electron chi connectivity index (χ0n) is 17.0. The summed E-state index contributed by atoms with van der Waals surface area (Å²) in [5.41, 5.74) is 3.98. The summed E-state index contributed by atoms with van der Waals surface area (Å²) in [6.45, 7) is 2.58. The van der Waals surface area contributed by atoms with Gasteiger partial charge in [-0.05, 0) is 36.8 Å². The van der Waals surface area contributed by atoms with Crippen molar-refractivity contribution in [2.24, 2.45) is 0 Å². The lowest BCUT2D eigenvalue weighted by Gasteiger charge is -2.25. The lowest BCUT2D eigenvalue weighted by molar-refractivity contribution is 0.333. The fourth-order valence-corrected chi connectivity index (χ4v) is 3.86. The number of nitrogens with one attached hydrogen (secondary N) is 1. The molecular formula is C25H21ClN4O. The Hall–Kier alpha value is -3.57. The molecule has 154 valence electrons. The van der Waals surface area contributed by atoms with Crippen LogP contribution in [0.3, 0.4) is 0 Å². The predicted molar refractivity (Wildman–Crippen MR) is 124 cm³/mol. The van der Waals surface area contributed by atoms with Gasteiger partial charge in [0.15, 0.2) is 5.82 Å². The van der Waals surface area contributed by atoms with Gasteiger partial charge in [-0.3, -0.25) is 0 Å². The minimum Gasteiger partial charge on any atom is -0.494 e. The van der Waals surface area contributed by atoms with E-state index < -0.39 is 0 Å². The number of halogens is 1. The highest BCUT2D eigenvalue weighted by atomic mass is 35.5. The lowest BCUT2D eigenvalue weighted by Crippen LogP contribution is -2.20. The zero-order valence-corrected chi connectivity index (χ0v) is 17.8. The average molecular weight is 429 g/mol. The molecule has 0 amide bonds. The number of aromatic nitrogens is 3. The maximum atomic E-state index is 6.10. The average Bonchev–Trinajstić information content (AvgIpc) is 3.25. The van der Waals surface area contributed by atoms with E-state index >= 15 is 0 Å². The van der Waals surface area contributed by atoms with Crippen LogP contribution in [0, 0.1) is 0 Å². The largest absolute Gasteiger partial charge is 0.494 e. The first kappa shape index (κ1) is 19.4. The maximum Gasteiger partial charge on any atom is 0.227 e. The van der Waals surface area contributed by atoms with Gasteiger partial charge in [-0.2, -0.15) is 4.98 Å². The number of anilines is 1. The summed E-state index contributed by atoms with van der Waals surface area (Å²) in [5, 5.41) is 8.99. The number of benzene rings is 3. The van der Waals surface area contributed by atoms with Gasteiger partial charge < -0.3 is 10.1 Å². The Morgan fingerprint density at radius 2 is 1.68 bits per heavy atom. The van der Waals surface area contributed by atoms with E-state index in [-0.39, 0.29) is 6.04 Å². The molecule has 0 radical (unpaired) electrons. The van der Waals surface area contributed by atoms with Gasteiger partial charge in [0.2, 0.25) is 5.95 Å². The molecule has 0 bridgehead atoms. The number of hydrogen-bond acceptors (Lipinski definition) is 4. The molecule has 2 heterocycles. The number of para-hydroxylation sites is 1. The number of rotatable bonds is 5. The Morgan fingerprint density at radius 3 is 2.45 bits per heavy atom. The number of nitrogens with zero attached hydrogens (tertiary/aromatic N) is 3. The van der Waals surface area contributed by atoms with E-state index in [0.29, 0.717) is 23.4 Å². The van der Waals surface area contributed by atoms with Crippen molar-refractivity contribution in [3.05, 3.63) is 101 Å². The van der Waals surface area contributed by atoms with Crippen LogP contribution in [0.1, 0.15) is 24.1 Å². The summed E-state index contributed by atoms with van der Waals surface area (Å²) in [5.74, 6) is 2.20. The quantitative estimate of drug-likeness (QED) is 0.420. The summed E-state index contributed by atoms with van der Waals surface area (Å²) in [6.07, 6.45) is 2.15. The SMILES string of the molecule is CCOc1ccccc1[C@@H]1C=C(c2ccc(Cl)cc2)Nc2nc(-c3ccccc3)nn21. The number of ether oxygens (including phenoxy) is 1. The highest BCUT2D eigenvalue weighted by molar-refractivity contribution is 6.30. The second kappa shape index (κ2) is 8.28. The Morgan fingerprint density at radius 1 is 0.935 bits per heavy atom. The van der Waals surface area contributed by atoms with Crippen LogP contribution in [0.2, 0.25) is 5.02 Å². The van der Waals surface area contributed by atoms with Crippen LogP contribution in [0.15, 0.2) is 84.9 Å². The number of fused-ring (bicyclic) bond motifs is 1. The van der Waals surface area contributed by atoms with Crippen molar-refractivity contribution >= 4 is 23.2 Å². The molecule has 1 aliphatic heterocycles. The number of allylic oxidation sites excluding steroid dienone is 1.